The van der Waals surface area contributed by atoms with Crippen molar-refractivity contribution in [2.24, 2.45) is 22.9 Å². The summed E-state index contributed by atoms with van der Waals surface area (Å²) >= 11 is 0. The van der Waals surface area contributed by atoms with Gasteiger partial charge in [-0.3, -0.25) is 4.79 Å². The lowest BCUT2D eigenvalue weighted by Gasteiger charge is -2.34. The van der Waals surface area contributed by atoms with Crippen molar-refractivity contribution >= 4 is 15.9 Å². The summed E-state index contributed by atoms with van der Waals surface area (Å²) in [6.45, 7) is 0.942. The van der Waals surface area contributed by atoms with Gasteiger partial charge in [-0.05, 0) is 37.5 Å². The van der Waals surface area contributed by atoms with Crippen molar-refractivity contribution in [3.8, 4) is 0 Å². The third kappa shape index (κ3) is 2.43. The van der Waals surface area contributed by atoms with Crippen molar-refractivity contribution < 1.29 is 13.2 Å². The minimum atomic E-state index is -3.53. The van der Waals surface area contributed by atoms with Crippen LogP contribution in [0.4, 0.5) is 0 Å². The zero-order valence-electron chi connectivity index (χ0n) is 10.9. The van der Waals surface area contributed by atoms with Crippen LogP contribution in [0.25, 0.3) is 0 Å². The molecule has 1 heterocycles. The van der Waals surface area contributed by atoms with Gasteiger partial charge < -0.3 is 4.90 Å². The zero-order valence-corrected chi connectivity index (χ0v) is 11.7. The van der Waals surface area contributed by atoms with Gasteiger partial charge in [0.2, 0.25) is 15.9 Å². The van der Waals surface area contributed by atoms with Gasteiger partial charge in [-0.2, -0.15) is 0 Å². The number of nitrogens with zero attached hydrogens (tertiary/aromatic N) is 1. The van der Waals surface area contributed by atoms with Gasteiger partial charge in [-0.15, -0.1) is 0 Å². The lowest BCUT2D eigenvalue weighted by Crippen LogP contribution is -2.49. The normalized spacial score (nSPS) is 37.8. The molecule has 1 amide bonds. The molecule has 0 aromatic heterocycles. The second-order valence-corrected chi connectivity index (χ2v) is 7.87. The van der Waals surface area contributed by atoms with E-state index in [1.54, 1.807) is 4.90 Å². The van der Waals surface area contributed by atoms with Gasteiger partial charge >= 0.3 is 0 Å². The molecule has 2 aliphatic carbocycles. The van der Waals surface area contributed by atoms with E-state index in [4.69, 9.17) is 5.14 Å². The van der Waals surface area contributed by atoms with Crippen LogP contribution in [0.5, 0.6) is 0 Å². The van der Waals surface area contributed by atoms with Crippen molar-refractivity contribution in [3.63, 3.8) is 0 Å². The van der Waals surface area contributed by atoms with Crippen LogP contribution in [0.1, 0.15) is 25.7 Å². The average Bonchev–Trinajstić information content (AvgIpc) is 2.99. The summed E-state index contributed by atoms with van der Waals surface area (Å²) in [4.78, 5) is 14.2. The molecule has 6 heteroatoms. The fourth-order valence-corrected chi connectivity index (χ4v) is 4.59. The largest absolute Gasteiger partial charge is 0.341 e. The first-order valence-electron chi connectivity index (χ1n) is 6.94. The molecule has 2 N–H and O–H groups in total. The predicted octanol–water partition coefficient (Wildman–Crippen LogP) is 0.478. The number of allylic oxidation sites excluding steroid dienone is 2. The van der Waals surface area contributed by atoms with E-state index in [2.05, 4.69) is 12.2 Å². The number of fused-ring (bicyclic) bond motifs is 2. The number of carbonyl (C=O) groups is 1. The van der Waals surface area contributed by atoms with Gasteiger partial charge in [-0.1, -0.05) is 12.2 Å². The maximum absolute atomic E-state index is 12.5. The van der Waals surface area contributed by atoms with Gasteiger partial charge in [-0.25, -0.2) is 13.6 Å². The van der Waals surface area contributed by atoms with Crippen molar-refractivity contribution in [2.45, 2.75) is 30.9 Å². The van der Waals surface area contributed by atoms with Gasteiger partial charge in [0.05, 0.1) is 5.25 Å². The number of rotatable bonds is 2. The standard InChI is InChI=1S/C13H20N2O3S/c14-19(17,18)11-2-1-5-15(8-11)13(16)12-7-9-3-4-10(12)6-9/h3-4,9-12H,1-2,5-8H2,(H2,14,17,18). The maximum Gasteiger partial charge on any atom is 0.226 e. The summed E-state index contributed by atoms with van der Waals surface area (Å²) in [5, 5.41) is 4.63. The lowest BCUT2D eigenvalue weighted by atomic mass is 9.91. The molecule has 4 atom stereocenters. The number of hydrogen-bond donors (Lipinski definition) is 1. The number of sulfonamides is 1. The average molecular weight is 284 g/mol. The van der Waals surface area contributed by atoms with E-state index < -0.39 is 15.3 Å². The Morgan fingerprint density at radius 1 is 1.26 bits per heavy atom. The first-order valence-corrected chi connectivity index (χ1v) is 8.55. The number of carbonyl (C=O) groups excluding carboxylic acids is 1. The summed E-state index contributed by atoms with van der Waals surface area (Å²) in [6.07, 6.45) is 7.66. The molecule has 2 bridgehead atoms. The molecule has 106 valence electrons. The Balaban J connectivity index is 1.69. The third-order valence-electron chi connectivity index (χ3n) is 4.75. The van der Waals surface area contributed by atoms with E-state index in [1.807, 2.05) is 0 Å². The molecule has 3 aliphatic rings. The van der Waals surface area contributed by atoms with Crippen molar-refractivity contribution in [2.75, 3.05) is 13.1 Å². The SMILES string of the molecule is NS(=O)(=O)C1CCCN(C(=O)C2CC3C=CC2C3)C1. The molecule has 1 saturated carbocycles. The van der Waals surface area contributed by atoms with E-state index in [9.17, 15) is 13.2 Å². The van der Waals surface area contributed by atoms with Crippen LogP contribution in [-0.4, -0.2) is 37.6 Å². The second kappa shape index (κ2) is 4.59. The molecule has 1 aliphatic heterocycles. The number of likely N-dealkylation sites (tertiary alicyclic amines) is 1. The first-order chi connectivity index (χ1) is 8.95. The Hall–Kier alpha value is -0.880. The quantitative estimate of drug-likeness (QED) is 0.749. The van der Waals surface area contributed by atoms with Gasteiger partial charge in [0, 0.05) is 19.0 Å². The molecule has 0 radical (unpaired) electrons. The smallest absolute Gasteiger partial charge is 0.226 e. The fraction of sp³-hybridized carbons (Fsp3) is 0.769. The topological polar surface area (TPSA) is 80.5 Å². The minimum Gasteiger partial charge on any atom is -0.341 e. The van der Waals surface area contributed by atoms with Gasteiger partial charge in [0.25, 0.3) is 0 Å². The summed E-state index contributed by atoms with van der Waals surface area (Å²) in [7, 11) is -3.53. The number of nitrogens with two attached hydrogens (primary N) is 1. The van der Waals surface area contributed by atoms with Gasteiger partial charge in [0.1, 0.15) is 0 Å². The molecule has 1 saturated heterocycles. The van der Waals surface area contributed by atoms with Crippen LogP contribution < -0.4 is 5.14 Å². The van der Waals surface area contributed by atoms with E-state index in [0.29, 0.717) is 24.8 Å². The second-order valence-electron chi connectivity index (χ2n) is 6.02. The highest BCUT2D eigenvalue weighted by molar-refractivity contribution is 7.89. The maximum atomic E-state index is 12.5. The lowest BCUT2D eigenvalue weighted by molar-refractivity contribution is -0.137. The molecule has 0 aromatic rings. The molecule has 2 fully saturated rings. The molecular weight excluding hydrogens is 264 g/mol. The van der Waals surface area contributed by atoms with E-state index in [0.717, 1.165) is 19.3 Å². The summed E-state index contributed by atoms with van der Waals surface area (Å²) in [5.41, 5.74) is 0. The zero-order chi connectivity index (χ0) is 13.6. The van der Waals surface area contributed by atoms with Crippen molar-refractivity contribution in [1.82, 2.24) is 4.90 Å². The third-order valence-corrected chi connectivity index (χ3v) is 6.06. The first kappa shape index (κ1) is 13.1. The minimum absolute atomic E-state index is 0.0641. The van der Waals surface area contributed by atoms with Crippen LogP contribution in [-0.2, 0) is 14.8 Å². The van der Waals surface area contributed by atoms with Crippen LogP contribution in [0.15, 0.2) is 12.2 Å². The van der Waals surface area contributed by atoms with Crippen LogP contribution in [0, 0.1) is 17.8 Å². The van der Waals surface area contributed by atoms with E-state index in [1.165, 1.54) is 0 Å². The van der Waals surface area contributed by atoms with E-state index >= 15 is 0 Å². The summed E-state index contributed by atoms with van der Waals surface area (Å²) in [5.74, 6) is 1.12. The van der Waals surface area contributed by atoms with Crippen molar-refractivity contribution in [3.05, 3.63) is 12.2 Å². The summed E-state index contributed by atoms with van der Waals surface area (Å²) in [6, 6.07) is 0. The van der Waals surface area contributed by atoms with Crippen LogP contribution in [0.3, 0.4) is 0 Å². The highest BCUT2D eigenvalue weighted by Crippen LogP contribution is 2.44. The monoisotopic (exact) mass is 284 g/mol. The molecule has 3 rings (SSSR count). The number of hydrogen-bond acceptors (Lipinski definition) is 3. The Bertz CT molecular complexity index is 514. The Morgan fingerprint density at radius 3 is 2.63 bits per heavy atom. The molecular formula is C13H20N2O3S. The fourth-order valence-electron chi connectivity index (χ4n) is 3.71. The summed E-state index contributed by atoms with van der Waals surface area (Å²) < 4.78 is 22.9. The predicted molar refractivity (Wildman–Crippen MR) is 71.6 cm³/mol. The van der Waals surface area contributed by atoms with Gasteiger partial charge in [0.15, 0.2) is 0 Å². The van der Waals surface area contributed by atoms with Crippen molar-refractivity contribution in [1.29, 1.82) is 0 Å². The van der Waals surface area contributed by atoms with Crippen LogP contribution in [0.2, 0.25) is 0 Å². The molecule has 4 unspecified atom stereocenters. The number of primary sulfonamides is 1. The molecule has 5 nitrogen and oxygen atoms in total. The highest BCUT2D eigenvalue weighted by atomic mass is 32.2. The molecule has 19 heavy (non-hydrogen) atoms. The Morgan fingerprint density at radius 2 is 2.05 bits per heavy atom. The molecule has 0 spiro atoms. The number of amides is 1. The highest BCUT2D eigenvalue weighted by Gasteiger charge is 2.42. The Kier molecular flexibility index (Phi) is 3.17. The number of piperidine rings is 1. The Labute approximate surface area is 113 Å². The molecule has 0 aromatic carbocycles. The van der Waals surface area contributed by atoms with E-state index in [-0.39, 0.29) is 18.4 Å². The van der Waals surface area contributed by atoms with Crippen LogP contribution >= 0.6 is 0 Å².